The number of amides is 1. The summed E-state index contributed by atoms with van der Waals surface area (Å²) in [5.41, 5.74) is 5.99. The van der Waals surface area contributed by atoms with E-state index in [1.807, 2.05) is 0 Å². The molecule has 1 atom stereocenters. The lowest BCUT2D eigenvalue weighted by Crippen LogP contribution is -2.48. The van der Waals surface area contributed by atoms with Gasteiger partial charge in [-0.2, -0.15) is 0 Å². The van der Waals surface area contributed by atoms with E-state index < -0.39 is 0 Å². The van der Waals surface area contributed by atoms with E-state index in [1.54, 1.807) is 24.5 Å². The van der Waals surface area contributed by atoms with E-state index in [2.05, 4.69) is 20.2 Å². The minimum Gasteiger partial charge on any atom is -0.467 e. The second-order valence-electron chi connectivity index (χ2n) is 5.31. The van der Waals surface area contributed by atoms with Crippen molar-refractivity contribution in [2.24, 2.45) is 5.73 Å². The largest absolute Gasteiger partial charge is 0.467 e. The number of carbonyl (C=O) groups is 1. The average Bonchev–Trinajstić information content (AvgIpc) is 3.05. The van der Waals surface area contributed by atoms with Crippen LogP contribution in [0.4, 0.5) is 5.95 Å². The van der Waals surface area contributed by atoms with Gasteiger partial charge in [-0.3, -0.25) is 4.79 Å². The summed E-state index contributed by atoms with van der Waals surface area (Å²) in [7, 11) is 0. The van der Waals surface area contributed by atoms with Crippen LogP contribution >= 0.6 is 24.8 Å². The zero-order valence-corrected chi connectivity index (χ0v) is 14.7. The van der Waals surface area contributed by atoms with Crippen molar-refractivity contribution >= 4 is 36.7 Å². The van der Waals surface area contributed by atoms with Crippen LogP contribution in [0.1, 0.15) is 29.0 Å². The van der Waals surface area contributed by atoms with Gasteiger partial charge in [0.05, 0.1) is 12.1 Å². The standard InChI is InChI=1S/C15H19N5O2.2ClH/c16-8-13-7-11(10-22-13)14(21)19-12-3-1-6-20(9-12)15-17-4-2-5-18-15;;/h2,4-5,7,10,12H,1,3,6,8-9,16H2,(H,19,21);2*1H. The molecule has 1 aliphatic rings. The smallest absolute Gasteiger partial charge is 0.254 e. The molecule has 24 heavy (non-hydrogen) atoms. The van der Waals surface area contributed by atoms with Crippen molar-refractivity contribution in [1.82, 2.24) is 15.3 Å². The number of halogens is 2. The van der Waals surface area contributed by atoms with Crippen LogP contribution in [0.3, 0.4) is 0 Å². The quantitative estimate of drug-likeness (QED) is 0.847. The SMILES string of the molecule is Cl.Cl.NCc1cc(C(=O)NC2CCCN(c3ncccn3)C2)co1. The molecule has 1 saturated heterocycles. The van der Waals surface area contributed by atoms with Gasteiger partial charge in [-0.1, -0.05) is 0 Å². The predicted molar refractivity (Wildman–Crippen MR) is 95.8 cm³/mol. The number of hydrogen-bond acceptors (Lipinski definition) is 6. The molecule has 2 aromatic heterocycles. The van der Waals surface area contributed by atoms with Gasteiger partial charge in [0.15, 0.2) is 0 Å². The van der Waals surface area contributed by atoms with Crippen LogP contribution in [0.15, 0.2) is 35.2 Å². The number of nitrogens with two attached hydrogens (primary N) is 1. The van der Waals surface area contributed by atoms with E-state index in [4.69, 9.17) is 10.2 Å². The number of anilines is 1. The molecule has 9 heteroatoms. The highest BCUT2D eigenvalue weighted by molar-refractivity contribution is 5.94. The van der Waals surface area contributed by atoms with Gasteiger partial charge in [-0.15, -0.1) is 24.8 Å². The minimum absolute atomic E-state index is 0. The first kappa shape index (κ1) is 20.2. The van der Waals surface area contributed by atoms with Crippen LogP contribution in [0, 0.1) is 0 Å². The lowest BCUT2D eigenvalue weighted by molar-refractivity contribution is 0.0932. The lowest BCUT2D eigenvalue weighted by Gasteiger charge is -2.32. The van der Waals surface area contributed by atoms with Gasteiger partial charge in [0.2, 0.25) is 5.95 Å². The molecule has 0 spiro atoms. The molecule has 0 saturated carbocycles. The number of piperidine rings is 1. The molecule has 0 aliphatic carbocycles. The van der Waals surface area contributed by atoms with Crippen molar-refractivity contribution in [3.8, 4) is 0 Å². The molecule has 0 radical (unpaired) electrons. The first-order valence-electron chi connectivity index (χ1n) is 7.36. The van der Waals surface area contributed by atoms with Crippen LogP contribution in [0.25, 0.3) is 0 Å². The fourth-order valence-corrected chi connectivity index (χ4v) is 2.61. The molecule has 1 aliphatic heterocycles. The predicted octanol–water partition coefficient (Wildman–Crippen LogP) is 1.77. The molecule has 1 unspecified atom stereocenters. The first-order valence-corrected chi connectivity index (χ1v) is 7.36. The van der Waals surface area contributed by atoms with Crippen LogP contribution in [-0.2, 0) is 6.54 Å². The second kappa shape index (κ2) is 9.46. The van der Waals surface area contributed by atoms with Crippen molar-refractivity contribution in [3.05, 3.63) is 42.1 Å². The van der Waals surface area contributed by atoms with Crippen LogP contribution in [-0.4, -0.2) is 35.0 Å². The Morgan fingerprint density at radius 3 is 2.79 bits per heavy atom. The van der Waals surface area contributed by atoms with E-state index in [0.717, 1.165) is 19.4 Å². The van der Waals surface area contributed by atoms with Crippen molar-refractivity contribution in [2.75, 3.05) is 18.0 Å². The minimum atomic E-state index is -0.135. The van der Waals surface area contributed by atoms with Gasteiger partial charge in [0.1, 0.15) is 12.0 Å². The van der Waals surface area contributed by atoms with Crippen molar-refractivity contribution in [3.63, 3.8) is 0 Å². The van der Waals surface area contributed by atoms with Crippen molar-refractivity contribution in [2.45, 2.75) is 25.4 Å². The van der Waals surface area contributed by atoms with Crippen LogP contribution in [0.5, 0.6) is 0 Å². The summed E-state index contributed by atoms with van der Waals surface area (Å²) in [4.78, 5) is 22.8. The highest BCUT2D eigenvalue weighted by atomic mass is 35.5. The van der Waals surface area contributed by atoms with E-state index in [9.17, 15) is 4.79 Å². The maximum absolute atomic E-state index is 12.2. The number of furan rings is 1. The number of hydrogen-bond donors (Lipinski definition) is 2. The summed E-state index contributed by atoms with van der Waals surface area (Å²) in [6, 6.07) is 3.54. The van der Waals surface area contributed by atoms with Crippen LogP contribution < -0.4 is 16.0 Å². The number of nitrogens with zero attached hydrogens (tertiary/aromatic N) is 3. The van der Waals surface area contributed by atoms with Gasteiger partial charge in [-0.05, 0) is 25.0 Å². The van der Waals surface area contributed by atoms with E-state index >= 15 is 0 Å². The Morgan fingerprint density at radius 2 is 2.12 bits per heavy atom. The third-order valence-corrected chi connectivity index (χ3v) is 3.71. The highest BCUT2D eigenvalue weighted by Crippen LogP contribution is 2.16. The Labute approximate surface area is 152 Å². The lowest BCUT2D eigenvalue weighted by atomic mass is 10.1. The van der Waals surface area contributed by atoms with Gasteiger partial charge < -0.3 is 20.4 Å². The Morgan fingerprint density at radius 1 is 1.38 bits per heavy atom. The normalized spacial score (nSPS) is 16.7. The third-order valence-electron chi connectivity index (χ3n) is 3.71. The topological polar surface area (TPSA) is 97.3 Å². The van der Waals surface area contributed by atoms with Gasteiger partial charge >= 0.3 is 0 Å². The summed E-state index contributed by atoms with van der Waals surface area (Å²) in [5.74, 6) is 1.17. The molecular weight excluding hydrogens is 353 g/mol. The number of aromatic nitrogens is 2. The maximum Gasteiger partial charge on any atom is 0.254 e. The Balaban J connectivity index is 0.00000144. The summed E-state index contributed by atoms with van der Waals surface area (Å²) < 4.78 is 5.20. The summed E-state index contributed by atoms with van der Waals surface area (Å²) >= 11 is 0. The molecule has 0 aromatic carbocycles. The van der Waals surface area contributed by atoms with Gasteiger partial charge in [0, 0.05) is 31.5 Å². The molecule has 3 heterocycles. The van der Waals surface area contributed by atoms with Gasteiger partial charge in [-0.25, -0.2) is 9.97 Å². The molecule has 1 amide bonds. The average molecular weight is 374 g/mol. The molecule has 3 rings (SSSR count). The number of rotatable bonds is 4. The summed E-state index contributed by atoms with van der Waals surface area (Å²) in [6.07, 6.45) is 6.83. The molecule has 132 valence electrons. The van der Waals surface area contributed by atoms with E-state index in [-0.39, 0.29) is 43.3 Å². The zero-order valence-electron chi connectivity index (χ0n) is 13.1. The molecule has 3 N–H and O–H groups in total. The van der Waals surface area contributed by atoms with Crippen LogP contribution in [0.2, 0.25) is 0 Å². The first-order chi connectivity index (χ1) is 10.8. The highest BCUT2D eigenvalue weighted by Gasteiger charge is 2.23. The zero-order chi connectivity index (χ0) is 15.4. The molecule has 0 bridgehead atoms. The molecular formula is C15H21Cl2N5O2. The molecule has 7 nitrogen and oxygen atoms in total. The molecule has 1 fully saturated rings. The number of nitrogens with one attached hydrogen (secondary N) is 1. The molecule has 2 aromatic rings. The van der Waals surface area contributed by atoms with Crippen molar-refractivity contribution in [1.29, 1.82) is 0 Å². The third kappa shape index (κ3) is 4.83. The van der Waals surface area contributed by atoms with Crippen molar-refractivity contribution < 1.29 is 9.21 Å². The monoisotopic (exact) mass is 373 g/mol. The maximum atomic E-state index is 12.2. The van der Waals surface area contributed by atoms with E-state index in [0.29, 0.717) is 23.8 Å². The fourth-order valence-electron chi connectivity index (χ4n) is 2.61. The van der Waals surface area contributed by atoms with E-state index in [1.165, 1.54) is 6.26 Å². The second-order valence-corrected chi connectivity index (χ2v) is 5.31. The van der Waals surface area contributed by atoms with Gasteiger partial charge in [0.25, 0.3) is 5.91 Å². The summed E-state index contributed by atoms with van der Waals surface area (Å²) in [5, 5.41) is 3.04. The Bertz CT molecular complexity index is 638. The number of carbonyl (C=O) groups excluding carboxylic acids is 1. The summed E-state index contributed by atoms with van der Waals surface area (Å²) in [6.45, 7) is 1.90. The Kier molecular flexibility index (Phi) is 7.97. The Hall–Kier alpha value is -1.83. The fraction of sp³-hybridized carbons (Fsp3) is 0.400.